The molecule has 0 bridgehead atoms. The van der Waals surface area contributed by atoms with Crippen LogP contribution in [-0.4, -0.2) is 51.4 Å². The average Bonchev–Trinajstić information content (AvgIpc) is 2.68. The SMILES string of the molecule is CCOc1ccc(NC(=O)c2ccc(OC)c([N+](=O)[O-])c2)cc1S(=O)(=O)N(C)C. The number of nitro groups is 1. The Kier molecular flexibility index (Phi) is 6.77. The minimum absolute atomic E-state index is 0.0170. The predicted octanol–water partition coefficient (Wildman–Crippen LogP) is 2.50. The summed E-state index contributed by atoms with van der Waals surface area (Å²) in [5, 5.41) is 13.7. The number of rotatable bonds is 8. The van der Waals surface area contributed by atoms with Crippen LogP contribution < -0.4 is 14.8 Å². The third-order valence-electron chi connectivity index (χ3n) is 3.90. The molecule has 0 saturated heterocycles. The summed E-state index contributed by atoms with van der Waals surface area (Å²) in [7, 11) is 0.221. The topological polar surface area (TPSA) is 128 Å². The number of carbonyl (C=O) groups excluding carboxylic acids is 1. The van der Waals surface area contributed by atoms with Crippen LogP contribution in [0.4, 0.5) is 11.4 Å². The van der Waals surface area contributed by atoms with Gasteiger partial charge in [-0.1, -0.05) is 0 Å². The molecular weight excluding hydrogens is 402 g/mol. The minimum Gasteiger partial charge on any atom is -0.492 e. The van der Waals surface area contributed by atoms with Crippen molar-refractivity contribution in [2.24, 2.45) is 0 Å². The van der Waals surface area contributed by atoms with Gasteiger partial charge in [0.2, 0.25) is 10.0 Å². The smallest absolute Gasteiger partial charge is 0.311 e. The molecule has 0 saturated carbocycles. The highest BCUT2D eigenvalue weighted by atomic mass is 32.2. The fraction of sp³-hybridized carbons (Fsp3) is 0.278. The number of amides is 1. The molecule has 0 radical (unpaired) electrons. The summed E-state index contributed by atoms with van der Waals surface area (Å²) < 4.78 is 36.5. The van der Waals surface area contributed by atoms with Crippen LogP contribution in [-0.2, 0) is 10.0 Å². The van der Waals surface area contributed by atoms with Gasteiger partial charge in [0, 0.05) is 31.4 Å². The standard InChI is InChI=1S/C18H21N3O7S/c1-5-28-16-9-7-13(11-17(16)29(25,26)20(2)3)19-18(22)12-6-8-15(27-4)14(10-12)21(23)24/h6-11H,5H2,1-4H3,(H,19,22). The molecule has 2 rings (SSSR count). The number of hydrogen-bond donors (Lipinski definition) is 1. The van der Waals surface area contributed by atoms with Crippen LogP contribution in [0.15, 0.2) is 41.3 Å². The van der Waals surface area contributed by atoms with Gasteiger partial charge < -0.3 is 14.8 Å². The van der Waals surface area contributed by atoms with Crippen molar-refractivity contribution in [1.82, 2.24) is 4.31 Å². The molecule has 0 atom stereocenters. The summed E-state index contributed by atoms with van der Waals surface area (Å²) in [5.74, 6) is -0.473. The molecule has 0 fully saturated rings. The summed E-state index contributed by atoms with van der Waals surface area (Å²) in [4.78, 5) is 22.9. The fourth-order valence-electron chi connectivity index (χ4n) is 2.44. The van der Waals surface area contributed by atoms with E-state index in [9.17, 15) is 23.3 Å². The number of nitrogens with one attached hydrogen (secondary N) is 1. The first-order valence-electron chi connectivity index (χ1n) is 8.45. The van der Waals surface area contributed by atoms with E-state index in [4.69, 9.17) is 9.47 Å². The van der Waals surface area contributed by atoms with E-state index in [1.807, 2.05) is 0 Å². The molecule has 0 aliphatic heterocycles. The van der Waals surface area contributed by atoms with Crippen LogP contribution in [0.25, 0.3) is 0 Å². The molecule has 156 valence electrons. The Morgan fingerprint density at radius 1 is 1.17 bits per heavy atom. The molecule has 0 spiro atoms. The Balaban J connectivity index is 2.41. The highest BCUT2D eigenvalue weighted by molar-refractivity contribution is 7.89. The van der Waals surface area contributed by atoms with Gasteiger partial charge in [0.15, 0.2) is 5.75 Å². The summed E-state index contributed by atoms with van der Waals surface area (Å²) in [6, 6.07) is 7.96. The van der Waals surface area contributed by atoms with Crippen molar-refractivity contribution in [2.75, 3.05) is 33.1 Å². The quantitative estimate of drug-likeness (QED) is 0.510. The lowest BCUT2D eigenvalue weighted by atomic mass is 10.1. The summed E-state index contributed by atoms with van der Waals surface area (Å²) in [6.07, 6.45) is 0. The van der Waals surface area contributed by atoms with Crippen LogP contribution in [0, 0.1) is 10.1 Å². The zero-order valence-corrected chi connectivity index (χ0v) is 17.1. The van der Waals surface area contributed by atoms with E-state index >= 15 is 0 Å². The van der Waals surface area contributed by atoms with E-state index in [2.05, 4.69) is 5.32 Å². The van der Waals surface area contributed by atoms with E-state index in [1.165, 1.54) is 51.5 Å². The molecule has 0 aliphatic rings. The lowest BCUT2D eigenvalue weighted by molar-refractivity contribution is -0.385. The maximum atomic E-state index is 12.6. The van der Waals surface area contributed by atoms with Crippen molar-refractivity contribution < 1.29 is 27.6 Å². The van der Waals surface area contributed by atoms with Crippen molar-refractivity contribution >= 4 is 27.3 Å². The highest BCUT2D eigenvalue weighted by Crippen LogP contribution is 2.30. The Labute approximate surface area is 168 Å². The van der Waals surface area contributed by atoms with Gasteiger partial charge in [0.25, 0.3) is 5.91 Å². The Morgan fingerprint density at radius 3 is 2.38 bits per heavy atom. The van der Waals surface area contributed by atoms with Crippen LogP contribution in [0.5, 0.6) is 11.5 Å². The number of nitro benzene ring substituents is 1. The molecule has 10 nitrogen and oxygen atoms in total. The minimum atomic E-state index is -3.83. The first-order chi connectivity index (χ1) is 13.6. The summed E-state index contributed by atoms with van der Waals surface area (Å²) in [5.41, 5.74) is -0.150. The van der Waals surface area contributed by atoms with E-state index in [-0.39, 0.29) is 39.9 Å². The number of hydrogen-bond acceptors (Lipinski definition) is 7. The van der Waals surface area contributed by atoms with E-state index < -0.39 is 20.9 Å². The van der Waals surface area contributed by atoms with Gasteiger partial charge in [0.1, 0.15) is 10.6 Å². The molecule has 1 N–H and O–H groups in total. The molecule has 0 aliphatic carbocycles. The monoisotopic (exact) mass is 423 g/mol. The van der Waals surface area contributed by atoms with Crippen molar-refractivity contribution in [3.8, 4) is 11.5 Å². The van der Waals surface area contributed by atoms with Gasteiger partial charge in [-0.25, -0.2) is 12.7 Å². The Bertz CT molecular complexity index is 1040. The normalized spacial score (nSPS) is 11.2. The maximum absolute atomic E-state index is 12.6. The summed E-state index contributed by atoms with van der Waals surface area (Å²) in [6.45, 7) is 1.98. The van der Waals surface area contributed by atoms with Crippen LogP contribution >= 0.6 is 0 Å². The first kappa shape index (κ1) is 22.1. The molecule has 0 unspecified atom stereocenters. The largest absolute Gasteiger partial charge is 0.492 e. The van der Waals surface area contributed by atoms with Gasteiger partial charge in [-0.05, 0) is 37.3 Å². The molecule has 0 aromatic heterocycles. The molecule has 1 amide bonds. The zero-order valence-electron chi connectivity index (χ0n) is 16.3. The number of ether oxygens (including phenoxy) is 2. The van der Waals surface area contributed by atoms with E-state index in [0.717, 1.165) is 10.4 Å². The Hall–Kier alpha value is -3.18. The predicted molar refractivity (Wildman–Crippen MR) is 106 cm³/mol. The van der Waals surface area contributed by atoms with E-state index in [1.54, 1.807) is 6.92 Å². The number of methoxy groups -OCH3 is 1. The number of benzene rings is 2. The lowest BCUT2D eigenvalue weighted by Gasteiger charge is -2.16. The fourth-order valence-corrected chi connectivity index (χ4v) is 3.49. The second kappa shape index (κ2) is 8.88. The lowest BCUT2D eigenvalue weighted by Crippen LogP contribution is -2.23. The zero-order chi connectivity index (χ0) is 21.8. The number of anilines is 1. The Morgan fingerprint density at radius 2 is 1.83 bits per heavy atom. The molecule has 0 heterocycles. The van der Waals surface area contributed by atoms with Gasteiger partial charge in [0.05, 0.1) is 18.6 Å². The first-order valence-corrected chi connectivity index (χ1v) is 9.89. The summed E-state index contributed by atoms with van der Waals surface area (Å²) >= 11 is 0. The van der Waals surface area contributed by atoms with Gasteiger partial charge in [-0.15, -0.1) is 0 Å². The highest BCUT2D eigenvalue weighted by Gasteiger charge is 2.24. The van der Waals surface area contributed by atoms with Gasteiger partial charge in [-0.2, -0.15) is 0 Å². The average molecular weight is 423 g/mol. The molecular formula is C18H21N3O7S. The second-order valence-electron chi connectivity index (χ2n) is 5.98. The van der Waals surface area contributed by atoms with Crippen molar-refractivity contribution in [3.63, 3.8) is 0 Å². The maximum Gasteiger partial charge on any atom is 0.311 e. The van der Waals surface area contributed by atoms with Gasteiger partial charge >= 0.3 is 5.69 Å². The van der Waals surface area contributed by atoms with Crippen LogP contribution in [0.3, 0.4) is 0 Å². The van der Waals surface area contributed by atoms with Crippen LogP contribution in [0.1, 0.15) is 17.3 Å². The van der Waals surface area contributed by atoms with Crippen LogP contribution in [0.2, 0.25) is 0 Å². The second-order valence-corrected chi connectivity index (χ2v) is 8.10. The third kappa shape index (κ3) is 4.81. The van der Waals surface area contributed by atoms with Crippen molar-refractivity contribution in [1.29, 1.82) is 0 Å². The third-order valence-corrected chi connectivity index (χ3v) is 5.73. The molecule has 2 aromatic carbocycles. The molecule has 11 heteroatoms. The number of sulfonamides is 1. The van der Waals surface area contributed by atoms with Crippen molar-refractivity contribution in [3.05, 3.63) is 52.1 Å². The molecule has 2 aromatic rings. The van der Waals surface area contributed by atoms with E-state index in [0.29, 0.717) is 0 Å². The number of carbonyl (C=O) groups is 1. The molecule has 29 heavy (non-hydrogen) atoms. The number of nitrogens with zero attached hydrogens (tertiary/aromatic N) is 2. The van der Waals surface area contributed by atoms with Gasteiger partial charge in [-0.3, -0.25) is 14.9 Å². The van der Waals surface area contributed by atoms with Crippen molar-refractivity contribution in [2.45, 2.75) is 11.8 Å².